The highest BCUT2D eigenvalue weighted by molar-refractivity contribution is 5.76. The zero-order chi connectivity index (χ0) is 68.9. The molecule has 17 atom stereocenters. The van der Waals surface area contributed by atoms with E-state index < -0.39 is 124 Å². The van der Waals surface area contributed by atoms with Crippen LogP contribution < -0.4 is 5.32 Å². The molecule has 0 aromatic carbocycles. The highest BCUT2D eigenvalue weighted by Crippen LogP contribution is 2.33. The van der Waals surface area contributed by atoms with Crippen LogP contribution in [-0.2, 0) is 33.2 Å². The van der Waals surface area contributed by atoms with Crippen molar-refractivity contribution in [1.29, 1.82) is 0 Å². The fourth-order valence-corrected chi connectivity index (χ4v) is 13.3. The van der Waals surface area contributed by atoms with E-state index in [0.717, 1.165) is 38.5 Å². The minimum absolute atomic E-state index is 0.235. The van der Waals surface area contributed by atoms with E-state index in [9.17, 15) is 61.0 Å². The Morgan fingerprint density at radius 2 is 0.695 bits per heavy atom. The lowest BCUT2D eigenvalue weighted by atomic mass is 9.96. The number of hydrogen-bond donors (Lipinski definition) is 12. The van der Waals surface area contributed by atoms with Crippen LogP contribution in [0.1, 0.15) is 309 Å². The van der Waals surface area contributed by atoms with Gasteiger partial charge in [0, 0.05) is 6.42 Å². The molecule has 3 saturated heterocycles. The molecule has 12 N–H and O–H groups in total. The van der Waals surface area contributed by atoms with Gasteiger partial charge in [-0.05, 0) is 39.0 Å². The van der Waals surface area contributed by atoms with Crippen LogP contribution in [0, 0.1) is 0 Å². The van der Waals surface area contributed by atoms with Crippen molar-refractivity contribution in [2.24, 2.45) is 0 Å². The Labute approximate surface area is 574 Å². The van der Waals surface area contributed by atoms with Gasteiger partial charge >= 0.3 is 0 Å². The van der Waals surface area contributed by atoms with Gasteiger partial charge in [0.2, 0.25) is 5.91 Å². The standard InChI is InChI=1S/C76H141NO18/c1-3-5-7-9-11-13-14-15-16-17-18-19-20-21-22-23-24-25-26-27-28-29-30-31-32-33-34-35-36-37-38-39-40-41-42-43-44-46-48-50-52-54-64(82)77-59(60(81)53-51-49-47-45-12-10-8-6-4-2)58-90-74-70(88)67(85)72(62(56-79)92-74)95-76-71(89)68(86)73(63(57-80)93-76)94-75-69(87)66(84)65(83)61(55-78)91-75/h4,6,12,45,51,53,59-63,65-76,78-81,83-89H,3,5,7-11,13-44,46-50,52,54-58H2,1-2H3,(H,77,82)/b6-4+,45-12+,53-51+. The maximum Gasteiger partial charge on any atom is 0.220 e. The fourth-order valence-electron chi connectivity index (χ4n) is 13.3. The number of unbranched alkanes of at least 4 members (excludes halogenated alkanes) is 42. The second-order valence-corrected chi connectivity index (χ2v) is 27.8. The molecule has 0 aliphatic carbocycles. The van der Waals surface area contributed by atoms with Crippen molar-refractivity contribution in [1.82, 2.24) is 5.32 Å². The van der Waals surface area contributed by atoms with Gasteiger partial charge < -0.3 is 89.9 Å². The number of aliphatic hydroxyl groups is 11. The van der Waals surface area contributed by atoms with Crippen LogP contribution >= 0.6 is 0 Å². The number of rotatable bonds is 61. The van der Waals surface area contributed by atoms with Gasteiger partial charge in [0.15, 0.2) is 18.9 Å². The molecule has 558 valence electrons. The van der Waals surface area contributed by atoms with Crippen LogP contribution in [0.4, 0.5) is 0 Å². The number of nitrogens with one attached hydrogen (secondary N) is 1. The van der Waals surface area contributed by atoms with E-state index in [1.165, 1.54) is 238 Å². The van der Waals surface area contributed by atoms with Gasteiger partial charge in [-0.25, -0.2) is 0 Å². The number of ether oxygens (including phenoxy) is 6. The number of amides is 1. The molecule has 0 saturated carbocycles. The predicted octanol–water partition coefficient (Wildman–Crippen LogP) is 11.9. The Balaban J connectivity index is 1.23. The van der Waals surface area contributed by atoms with Gasteiger partial charge in [0.1, 0.15) is 73.2 Å². The van der Waals surface area contributed by atoms with E-state index in [1.807, 2.05) is 19.1 Å². The highest BCUT2D eigenvalue weighted by Gasteiger charge is 2.53. The van der Waals surface area contributed by atoms with Crippen LogP contribution in [0.3, 0.4) is 0 Å². The number of hydrogen-bond acceptors (Lipinski definition) is 18. The summed E-state index contributed by atoms with van der Waals surface area (Å²) in [7, 11) is 0. The smallest absolute Gasteiger partial charge is 0.220 e. The first-order valence-corrected chi connectivity index (χ1v) is 38.7. The number of aliphatic hydroxyl groups excluding tert-OH is 11. The van der Waals surface area contributed by atoms with E-state index in [2.05, 4.69) is 30.5 Å². The monoisotopic (exact) mass is 1360 g/mol. The van der Waals surface area contributed by atoms with Crippen molar-refractivity contribution in [3.05, 3.63) is 36.5 Å². The minimum atomic E-state index is -1.98. The molecule has 17 unspecified atom stereocenters. The van der Waals surface area contributed by atoms with Crippen LogP contribution in [0.25, 0.3) is 0 Å². The molecular weight excluding hydrogens is 1210 g/mol. The molecule has 0 aromatic rings. The van der Waals surface area contributed by atoms with E-state index in [0.29, 0.717) is 12.8 Å². The van der Waals surface area contributed by atoms with Gasteiger partial charge in [0.05, 0.1) is 38.6 Å². The Bertz CT molecular complexity index is 1860. The summed E-state index contributed by atoms with van der Waals surface area (Å²) in [5, 5.41) is 120. The van der Waals surface area contributed by atoms with Crippen molar-refractivity contribution in [2.45, 2.75) is 413 Å². The molecule has 0 bridgehead atoms. The topological polar surface area (TPSA) is 307 Å². The summed E-state index contributed by atoms with van der Waals surface area (Å²) in [5.41, 5.74) is 0. The van der Waals surface area contributed by atoms with Crippen LogP contribution in [0.5, 0.6) is 0 Å². The van der Waals surface area contributed by atoms with Crippen molar-refractivity contribution >= 4 is 5.91 Å². The van der Waals surface area contributed by atoms with Crippen molar-refractivity contribution < 1.29 is 89.4 Å². The molecule has 3 aliphatic rings. The third kappa shape index (κ3) is 38.6. The Morgan fingerprint density at radius 3 is 1.05 bits per heavy atom. The molecule has 3 fully saturated rings. The molecule has 0 spiro atoms. The summed E-state index contributed by atoms with van der Waals surface area (Å²) in [6.07, 6.45) is 43.9. The summed E-state index contributed by atoms with van der Waals surface area (Å²) in [4.78, 5) is 13.3. The number of carbonyl (C=O) groups excluding carboxylic acids is 1. The maximum absolute atomic E-state index is 13.3. The molecule has 95 heavy (non-hydrogen) atoms. The molecule has 3 aliphatic heterocycles. The second kappa shape index (κ2) is 57.6. The van der Waals surface area contributed by atoms with E-state index in [4.69, 9.17) is 28.4 Å². The van der Waals surface area contributed by atoms with E-state index in [1.54, 1.807) is 6.08 Å². The summed E-state index contributed by atoms with van der Waals surface area (Å²) in [6, 6.07) is -0.993. The summed E-state index contributed by atoms with van der Waals surface area (Å²) < 4.78 is 34.2. The highest BCUT2D eigenvalue weighted by atomic mass is 16.8. The van der Waals surface area contributed by atoms with Gasteiger partial charge in [0.25, 0.3) is 0 Å². The number of allylic oxidation sites excluding steroid dienone is 5. The first kappa shape index (κ1) is 87.2. The molecule has 0 radical (unpaired) electrons. The van der Waals surface area contributed by atoms with Gasteiger partial charge in [-0.3, -0.25) is 4.79 Å². The summed E-state index contributed by atoms with van der Waals surface area (Å²) in [5.74, 6) is -0.288. The first-order chi connectivity index (χ1) is 46.3. The quantitative estimate of drug-likeness (QED) is 0.0199. The zero-order valence-corrected chi connectivity index (χ0v) is 59.4. The predicted molar refractivity (Wildman–Crippen MR) is 374 cm³/mol. The lowest BCUT2D eigenvalue weighted by Crippen LogP contribution is -2.66. The third-order valence-electron chi connectivity index (χ3n) is 19.5. The van der Waals surface area contributed by atoms with Crippen LogP contribution in [0.15, 0.2) is 36.5 Å². The fraction of sp³-hybridized carbons (Fsp3) is 0.908. The minimum Gasteiger partial charge on any atom is -0.394 e. The van der Waals surface area contributed by atoms with Gasteiger partial charge in [-0.15, -0.1) is 0 Å². The Morgan fingerprint density at radius 1 is 0.389 bits per heavy atom. The van der Waals surface area contributed by atoms with Crippen molar-refractivity contribution in [3.63, 3.8) is 0 Å². The SMILES string of the molecule is C/C=C/CC/C=C/CC/C=C/C(O)C(COC1OC(CO)C(OC2OC(CO)C(OC3OC(CO)C(O)C(O)C3O)C(O)C2O)C(O)C1O)NC(=O)CCCCCCCCCCCCCCCCCCCCCCCCCCCCCCCCCCCCCCCCCCC. The Kier molecular flexibility index (Phi) is 52.9. The normalized spacial score (nSPS) is 27.4. The lowest BCUT2D eigenvalue weighted by Gasteiger charge is -2.48. The van der Waals surface area contributed by atoms with Crippen LogP contribution in [0.2, 0.25) is 0 Å². The van der Waals surface area contributed by atoms with Gasteiger partial charge in [-0.1, -0.05) is 300 Å². The Hall–Kier alpha value is -1.99. The van der Waals surface area contributed by atoms with Crippen molar-refractivity contribution in [3.8, 4) is 0 Å². The second-order valence-electron chi connectivity index (χ2n) is 27.8. The molecule has 3 rings (SSSR count). The van der Waals surface area contributed by atoms with Crippen molar-refractivity contribution in [2.75, 3.05) is 26.4 Å². The first-order valence-electron chi connectivity index (χ1n) is 38.7. The molecule has 1 amide bonds. The molecule has 19 nitrogen and oxygen atoms in total. The summed E-state index contributed by atoms with van der Waals surface area (Å²) >= 11 is 0. The van der Waals surface area contributed by atoms with Gasteiger partial charge in [-0.2, -0.15) is 0 Å². The molecule has 19 heteroatoms. The third-order valence-corrected chi connectivity index (χ3v) is 19.5. The largest absolute Gasteiger partial charge is 0.394 e. The van der Waals surface area contributed by atoms with E-state index >= 15 is 0 Å². The number of carbonyl (C=O) groups is 1. The zero-order valence-electron chi connectivity index (χ0n) is 59.4. The molecule has 3 heterocycles. The molecule has 0 aromatic heterocycles. The maximum atomic E-state index is 13.3. The average molecular weight is 1360 g/mol. The lowest BCUT2D eigenvalue weighted by molar-refractivity contribution is -0.379. The molecular formula is C76H141NO18. The van der Waals surface area contributed by atoms with Crippen LogP contribution in [-0.4, -0.2) is 193 Å². The summed E-state index contributed by atoms with van der Waals surface area (Å²) in [6.45, 7) is 1.48. The van der Waals surface area contributed by atoms with E-state index in [-0.39, 0.29) is 18.9 Å². The average Bonchev–Trinajstić information content (AvgIpc) is 0.795.